The summed E-state index contributed by atoms with van der Waals surface area (Å²) in [4.78, 5) is 12.5. The van der Waals surface area contributed by atoms with E-state index in [1.165, 1.54) is 6.07 Å². The zero-order chi connectivity index (χ0) is 20.6. The van der Waals surface area contributed by atoms with Gasteiger partial charge < -0.3 is 20.4 Å². The quantitative estimate of drug-likeness (QED) is 0.359. The Hall–Kier alpha value is -2.78. The Balaban J connectivity index is 1.74. The molecular weight excluding hydrogens is 373 g/mol. The monoisotopic (exact) mass is 398 g/mol. The number of aryl methyl sites for hydroxylation is 2. The van der Waals surface area contributed by atoms with Gasteiger partial charge in [0.2, 0.25) is 5.89 Å². The molecule has 0 aliphatic heterocycles. The lowest BCUT2D eigenvalue weighted by molar-refractivity contribution is -0.137. The molecule has 3 N–H and O–H groups in total. The summed E-state index contributed by atoms with van der Waals surface area (Å²) in [5, 5.41) is 9.31. The molecule has 0 bridgehead atoms. The first-order valence-corrected chi connectivity index (χ1v) is 9.01. The number of aliphatic imine (C=N–C) groups is 1. The second-order valence-electron chi connectivity index (χ2n) is 6.08. The van der Waals surface area contributed by atoms with E-state index in [4.69, 9.17) is 4.42 Å². The molecule has 0 aromatic carbocycles. The van der Waals surface area contributed by atoms with Crippen molar-refractivity contribution in [1.29, 1.82) is 0 Å². The highest BCUT2D eigenvalue weighted by atomic mass is 19.4. The highest BCUT2D eigenvalue weighted by molar-refractivity contribution is 5.79. The van der Waals surface area contributed by atoms with Gasteiger partial charge in [0, 0.05) is 25.8 Å². The van der Waals surface area contributed by atoms with Gasteiger partial charge in [0.15, 0.2) is 5.96 Å². The maximum Gasteiger partial charge on any atom is 0.417 e. The number of alkyl halides is 3. The third-order valence-corrected chi connectivity index (χ3v) is 3.83. The van der Waals surface area contributed by atoms with Crippen LogP contribution in [-0.2, 0) is 12.7 Å². The van der Waals surface area contributed by atoms with Crippen LogP contribution in [0.3, 0.4) is 0 Å². The second-order valence-corrected chi connectivity index (χ2v) is 6.08. The number of anilines is 1. The normalized spacial score (nSPS) is 12.1. The van der Waals surface area contributed by atoms with Crippen LogP contribution in [-0.4, -0.2) is 35.6 Å². The van der Waals surface area contributed by atoms with E-state index < -0.39 is 11.7 Å². The fraction of sp³-hybridized carbons (Fsp3) is 0.500. The molecule has 154 valence electrons. The lowest BCUT2D eigenvalue weighted by Crippen LogP contribution is -2.38. The number of guanidine groups is 1. The van der Waals surface area contributed by atoms with E-state index in [0.29, 0.717) is 43.8 Å². The number of rotatable bonds is 8. The molecule has 0 aliphatic rings. The maximum absolute atomic E-state index is 12.5. The van der Waals surface area contributed by atoms with Crippen molar-refractivity contribution in [1.82, 2.24) is 20.6 Å². The molecule has 0 atom stereocenters. The van der Waals surface area contributed by atoms with Crippen molar-refractivity contribution >= 4 is 11.8 Å². The number of pyridine rings is 1. The predicted molar refractivity (Wildman–Crippen MR) is 101 cm³/mol. The molecule has 0 aliphatic carbocycles. The number of oxazole rings is 1. The second kappa shape index (κ2) is 9.95. The minimum atomic E-state index is -4.37. The molecule has 0 spiro atoms. The smallest absolute Gasteiger partial charge is 0.417 e. The van der Waals surface area contributed by atoms with Gasteiger partial charge in [-0.05, 0) is 39.3 Å². The van der Waals surface area contributed by atoms with E-state index in [2.05, 4.69) is 30.9 Å². The minimum Gasteiger partial charge on any atom is -0.444 e. The maximum atomic E-state index is 12.5. The van der Waals surface area contributed by atoms with Crippen LogP contribution in [0.1, 0.15) is 36.3 Å². The molecule has 0 saturated carbocycles. The molecule has 2 heterocycles. The average molecular weight is 398 g/mol. The first kappa shape index (κ1) is 21.5. The lowest BCUT2D eigenvalue weighted by atomic mass is 10.3. The van der Waals surface area contributed by atoms with Crippen LogP contribution in [0.5, 0.6) is 0 Å². The number of aromatic nitrogens is 2. The van der Waals surface area contributed by atoms with E-state index in [1.54, 1.807) is 0 Å². The summed E-state index contributed by atoms with van der Waals surface area (Å²) in [7, 11) is 0. The molecule has 28 heavy (non-hydrogen) atoms. The van der Waals surface area contributed by atoms with E-state index in [1.807, 2.05) is 20.8 Å². The fourth-order valence-corrected chi connectivity index (χ4v) is 2.27. The van der Waals surface area contributed by atoms with E-state index >= 15 is 0 Å². The zero-order valence-electron chi connectivity index (χ0n) is 16.2. The standard InChI is InChI=1S/C18H25F3N6O/c1-4-22-17(26-11-16-27-12(2)13(3)28-16)24-9-5-8-23-15-7-6-14(10-25-15)18(19,20)21/h6-7,10H,4-5,8-9,11H2,1-3H3,(H,23,25)(H2,22,24,26). The summed E-state index contributed by atoms with van der Waals surface area (Å²) in [5.74, 6) is 2.39. The van der Waals surface area contributed by atoms with Crippen molar-refractivity contribution in [3.63, 3.8) is 0 Å². The summed E-state index contributed by atoms with van der Waals surface area (Å²) in [6, 6.07) is 2.33. The van der Waals surface area contributed by atoms with Crippen LogP contribution in [0.15, 0.2) is 27.7 Å². The topological polar surface area (TPSA) is 87.4 Å². The molecule has 0 amide bonds. The van der Waals surface area contributed by atoms with Crippen LogP contribution in [0.2, 0.25) is 0 Å². The van der Waals surface area contributed by atoms with Gasteiger partial charge >= 0.3 is 6.18 Å². The molecule has 2 aromatic heterocycles. The Morgan fingerprint density at radius 1 is 1.18 bits per heavy atom. The third-order valence-electron chi connectivity index (χ3n) is 3.83. The lowest BCUT2D eigenvalue weighted by Gasteiger charge is -2.11. The fourth-order valence-electron chi connectivity index (χ4n) is 2.27. The van der Waals surface area contributed by atoms with Crippen molar-refractivity contribution in [3.05, 3.63) is 41.2 Å². The van der Waals surface area contributed by atoms with E-state index in [9.17, 15) is 13.2 Å². The largest absolute Gasteiger partial charge is 0.444 e. The molecular formula is C18H25F3N6O. The number of nitrogens with zero attached hydrogens (tertiary/aromatic N) is 3. The Morgan fingerprint density at radius 3 is 2.54 bits per heavy atom. The Morgan fingerprint density at radius 2 is 1.96 bits per heavy atom. The van der Waals surface area contributed by atoms with Crippen molar-refractivity contribution in [2.75, 3.05) is 25.0 Å². The molecule has 7 nitrogen and oxygen atoms in total. The molecule has 0 saturated heterocycles. The van der Waals surface area contributed by atoms with Gasteiger partial charge in [0.05, 0.1) is 11.3 Å². The first-order chi connectivity index (χ1) is 13.3. The molecule has 0 unspecified atom stereocenters. The van der Waals surface area contributed by atoms with Crippen LogP contribution >= 0.6 is 0 Å². The summed E-state index contributed by atoms with van der Waals surface area (Å²) >= 11 is 0. The van der Waals surface area contributed by atoms with Gasteiger partial charge in [-0.25, -0.2) is 15.0 Å². The van der Waals surface area contributed by atoms with Gasteiger partial charge in [-0.15, -0.1) is 0 Å². The van der Waals surface area contributed by atoms with Gasteiger partial charge in [0.1, 0.15) is 18.1 Å². The van der Waals surface area contributed by atoms with Gasteiger partial charge in [-0.1, -0.05) is 0 Å². The average Bonchev–Trinajstić information content (AvgIpc) is 2.97. The highest BCUT2D eigenvalue weighted by Gasteiger charge is 2.30. The van der Waals surface area contributed by atoms with Crippen molar-refractivity contribution in [3.8, 4) is 0 Å². The van der Waals surface area contributed by atoms with Gasteiger partial charge in [-0.2, -0.15) is 13.2 Å². The molecule has 2 rings (SSSR count). The minimum absolute atomic E-state index is 0.331. The van der Waals surface area contributed by atoms with Crippen molar-refractivity contribution in [2.45, 2.75) is 39.9 Å². The third kappa shape index (κ3) is 6.75. The summed E-state index contributed by atoms with van der Waals surface area (Å²) in [6.07, 6.45) is -2.83. The Kier molecular flexibility index (Phi) is 7.65. The van der Waals surface area contributed by atoms with Crippen LogP contribution in [0.4, 0.5) is 19.0 Å². The Labute approximate surface area is 161 Å². The van der Waals surface area contributed by atoms with Crippen molar-refractivity contribution < 1.29 is 17.6 Å². The molecule has 0 fully saturated rings. The zero-order valence-corrected chi connectivity index (χ0v) is 16.2. The van der Waals surface area contributed by atoms with Gasteiger partial charge in [-0.3, -0.25) is 0 Å². The molecule has 2 aromatic rings. The number of hydrogen-bond donors (Lipinski definition) is 3. The number of halogens is 3. The van der Waals surface area contributed by atoms with E-state index in [-0.39, 0.29) is 0 Å². The summed E-state index contributed by atoms with van der Waals surface area (Å²) < 4.78 is 43.0. The van der Waals surface area contributed by atoms with Crippen LogP contribution in [0, 0.1) is 13.8 Å². The summed E-state index contributed by atoms with van der Waals surface area (Å²) in [5.41, 5.74) is 0.0914. The van der Waals surface area contributed by atoms with Gasteiger partial charge in [0.25, 0.3) is 0 Å². The SMILES string of the molecule is CCNC(=NCc1nc(C)c(C)o1)NCCCNc1ccc(C(F)(F)F)cn1. The molecule has 0 radical (unpaired) electrons. The predicted octanol–water partition coefficient (Wildman–Crippen LogP) is 3.26. The van der Waals surface area contributed by atoms with Crippen LogP contribution in [0.25, 0.3) is 0 Å². The van der Waals surface area contributed by atoms with Crippen LogP contribution < -0.4 is 16.0 Å². The molecule has 10 heteroatoms. The van der Waals surface area contributed by atoms with E-state index in [0.717, 1.165) is 30.1 Å². The van der Waals surface area contributed by atoms with Crippen molar-refractivity contribution in [2.24, 2.45) is 4.99 Å². The number of hydrogen-bond acceptors (Lipinski definition) is 5. The first-order valence-electron chi connectivity index (χ1n) is 9.01. The summed E-state index contributed by atoms with van der Waals surface area (Å²) in [6.45, 7) is 7.94. The number of nitrogens with one attached hydrogen (secondary N) is 3. The highest BCUT2D eigenvalue weighted by Crippen LogP contribution is 2.28. The Bertz CT molecular complexity index is 751.